The number of carbonyl (C=O) groups excluding carboxylic acids is 1. The van der Waals surface area contributed by atoms with Crippen LogP contribution in [0.1, 0.15) is 5.56 Å². The van der Waals surface area contributed by atoms with Gasteiger partial charge < -0.3 is 14.7 Å². The molecule has 2 rings (SSSR count). The zero-order chi connectivity index (χ0) is 13.0. The van der Waals surface area contributed by atoms with Crippen LogP contribution in [0, 0.1) is 5.92 Å². The van der Waals surface area contributed by atoms with E-state index < -0.39 is 12.2 Å². The molecule has 2 unspecified atom stereocenters. The Morgan fingerprint density at radius 1 is 1.39 bits per heavy atom. The summed E-state index contributed by atoms with van der Waals surface area (Å²) in [5.74, 6) is 0.292. The van der Waals surface area contributed by atoms with Crippen molar-refractivity contribution in [1.82, 2.24) is 4.90 Å². The maximum Gasteiger partial charge on any atom is 0.410 e. The van der Waals surface area contributed by atoms with Crippen LogP contribution < -0.4 is 0 Å². The third-order valence-electron chi connectivity index (χ3n) is 3.07. The molecule has 0 aromatic heterocycles. The molecule has 4 nitrogen and oxygen atoms in total. The molecule has 98 valence electrons. The first-order chi connectivity index (χ1) is 8.70. The Balaban J connectivity index is 1.82. The molecular weight excluding hydrogens is 254 g/mol. The molecule has 1 amide bonds. The van der Waals surface area contributed by atoms with Crippen molar-refractivity contribution in [2.24, 2.45) is 5.92 Å². The fourth-order valence-corrected chi connectivity index (χ4v) is 2.27. The van der Waals surface area contributed by atoms with E-state index >= 15 is 0 Å². The number of β-amino-alcohol motifs (C(OH)–C–C–N with tert-alkyl or cyclic N) is 1. The second-order valence-corrected chi connectivity index (χ2v) is 4.74. The highest BCUT2D eigenvalue weighted by atomic mass is 35.5. The van der Waals surface area contributed by atoms with Crippen LogP contribution in [0.5, 0.6) is 0 Å². The second kappa shape index (κ2) is 6.07. The summed E-state index contributed by atoms with van der Waals surface area (Å²) in [4.78, 5) is 13.3. The van der Waals surface area contributed by atoms with Crippen LogP contribution >= 0.6 is 11.6 Å². The van der Waals surface area contributed by atoms with Crippen LogP contribution in [0.3, 0.4) is 0 Å². The van der Waals surface area contributed by atoms with Gasteiger partial charge in [0.2, 0.25) is 0 Å². The summed E-state index contributed by atoms with van der Waals surface area (Å²) in [6, 6.07) is 9.49. The first-order valence-corrected chi connectivity index (χ1v) is 6.44. The van der Waals surface area contributed by atoms with Crippen LogP contribution in [0.4, 0.5) is 4.79 Å². The quantitative estimate of drug-likeness (QED) is 0.852. The van der Waals surface area contributed by atoms with E-state index in [4.69, 9.17) is 16.3 Å². The Kier molecular flexibility index (Phi) is 4.44. The summed E-state index contributed by atoms with van der Waals surface area (Å²) in [5.41, 5.74) is 0.944. The number of nitrogens with zero attached hydrogens (tertiary/aromatic N) is 1. The Labute approximate surface area is 111 Å². The molecule has 1 N–H and O–H groups in total. The monoisotopic (exact) mass is 269 g/mol. The summed E-state index contributed by atoms with van der Waals surface area (Å²) in [6.07, 6.45) is -0.947. The van der Waals surface area contributed by atoms with Gasteiger partial charge in [-0.2, -0.15) is 0 Å². The lowest BCUT2D eigenvalue weighted by Crippen LogP contribution is -2.30. The van der Waals surface area contributed by atoms with Gasteiger partial charge in [0.25, 0.3) is 0 Å². The van der Waals surface area contributed by atoms with Crippen LogP contribution in [0.15, 0.2) is 30.3 Å². The molecule has 1 aliphatic rings. The highest BCUT2D eigenvalue weighted by Crippen LogP contribution is 2.19. The average Bonchev–Trinajstić information content (AvgIpc) is 2.78. The zero-order valence-electron chi connectivity index (χ0n) is 9.96. The van der Waals surface area contributed by atoms with Gasteiger partial charge in [-0.15, -0.1) is 11.6 Å². The van der Waals surface area contributed by atoms with Crippen molar-refractivity contribution in [2.45, 2.75) is 12.7 Å². The third-order valence-corrected chi connectivity index (χ3v) is 3.46. The SMILES string of the molecule is O=C(OCc1ccccc1)N1CC(O)C(CCl)C1. The van der Waals surface area contributed by atoms with E-state index in [1.807, 2.05) is 30.3 Å². The number of aliphatic hydroxyl groups is 1. The fraction of sp³-hybridized carbons (Fsp3) is 0.462. The number of amides is 1. The largest absolute Gasteiger partial charge is 0.445 e. The number of halogens is 1. The van der Waals surface area contributed by atoms with E-state index in [0.717, 1.165) is 5.56 Å². The van der Waals surface area contributed by atoms with Gasteiger partial charge in [0, 0.05) is 18.3 Å². The molecule has 5 heteroatoms. The van der Waals surface area contributed by atoms with Gasteiger partial charge >= 0.3 is 6.09 Å². The predicted octanol–water partition coefficient (Wildman–Crippen LogP) is 1.85. The Morgan fingerprint density at radius 3 is 2.72 bits per heavy atom. The number of hydrogen-bond donors (Lipinski definition) is 1. The summed E-state index contributed by atoms with van der Waals surface area (Å²) >= 11 is 5.71. The van der Waals surface area contributed by atoms with Crippen LogP contribution in [-0.4, -0.2) is 41.2 Å². The predicted molar refractivity (Wildman–Crippen MR) is 68.4 cm³/mol. The van der Waals surface area contributed by atoms with Gasteiger partial charge in [0.1, 0.15) is 6.61 Å². The molecule has 18 heavy (non-hydrogen) atoms. The van der Waals surface area contributed by atoms with Crippen molar-refractivity contribution in [3.8, 4) is 0 Å². The van der Waals surface area contributed by atoms with Gasteiger partial charge in [0.05, 0.1) is 12.6 Å². The van der Waals surface area contributed by atoms with Crippen LogP contribution in [0.25, 0.3) is 0 Å². The van der Waals surface area contributed by atoms with E-state index in [0.29, 0.717) is 19.0 Å². The molecule has 1 heterocycles. The summed E-state index contributed by atoms with van der Waals surface area (Å²) < 4.78 is 5.19. The topological polar surface area (TPSA) is 49.8 Å². The molecule has 0 saturated carbocycles. The molecular formula is C13H16ClNO3. The van der Waals surface area contributed by atoms with Gasteiger partial charge in [-0.3, -0.25) is 0 Å². The highest BCUT2D eigenvalue weighted by Gasteiger charge is 2.34. The number of benzene rings is 1. The van der Waals surface area contributed by atoms with Crippen molar-refractivity contribution in [3.05, 3.63) is 35.9 Å². The minimum atomic E-state index is -0.549. The fourth-order valence-electron chi connectivity index (χ4n) is 1.97. The first-order valence-electron chi connectivity index (χ1n) is 5.90. The lowest BCUT2D eigenvalue weighted by Gasteiger charge is -2.15. The molecule has 1 aromatic carbocycles. The maximum absolute atomic E-state index is 11.8. The first kappa shape index (κ1) is 13.2. The molecule has 0 bridgehead atoms. The maximum atomic E-state index is 11.8. The average molecular weight is 270 g/mol. The molecule has 1 aromatic rings. The molecule has 1 fully saturated rings. The Hall–Kier alpha value is -1.26. The van der Waals surface area contributed by atoms with E-state index in [9.17, 15) is 9.90 Å². The summed E-state index contributed by atoms with van der Waals surface area (Å²) in [7, 11) is 0. The molecule has 0 spiro atoms. The standard InChI is InChI=1S/C13H16ClNO3/c14-6-11-7-15(8-12(11)16)13(17)18-9-10-4-2-1-3-5-10/h1-5,11-12,16H,6-9H2. The van der Waals surface area contributed by atoms with E-state index in [-0.39, 0.29) is 12.5 Å². The Morgan fingerprint density at radius 2 is 2.11 bits per heavy atom. The summed E-state index contributed by atoms with van der Waals surface area (Å²) in [6.45, 7) is 1.00. The zero-order valence-corrected chi connectivity index (χ0v) is 10.7. The number of alkyl halides is 1. The number of hydrogen-bond acceptors (Lipinski definition) is 3. The number of ether oxygens (including phenoxy) is 1. The highest BCUT2D eigenvalue weighted by molar-refractivity contribution is 6.18. The third kappa shape index (κ3) is 3.15. The molecule has 1 aliphatic heterocycles. The van der Waals surface area contributed by atoms with E-state index in [1.54, 1.807) is 0 Å². The van der Waals surface area contributed by atoms with Crippen LogP contribution in [-0.2, 0) is 11.3 Å². The molecule has 1 saturated heterocycles. The number of aliphatic hydroxyl groups excluding tert-OH is 1. The van der Waals surface area contributed by atoms with Crippen molar-refractivity contribution >= 4 is 17.7 Å². The van der Waals surface area contributed by atoms with Crippen molar-refractivity contribution in [3.63, 3.8) is 0 Å². The number of carbonyl (C=O) groups is 1. The van der Waals surface area contributed by atoms with E-state index in [1.165, 1.54) is 4.90 Å². The lowest BCUT2D eigenvalue weighted by atomic mass is 10.1. The smallest absolute Gasteiger partial charge is 0.410 e. The van der Waals surface area contributed by atoms with Gasteiger partial charge in [-0.1, -0.05) is 30.3 Å². The minimum Gasteiger partial charge on any atom is -0.445 e. The number of likely N-dealkylation sites (tertiary alicyclic amines) is 1. The molecule has 0 radical (unpaired) electrons. The van der Waals surface area contributed by atoms with Gasteiger partial charge in [-0.05, 0) is 5.56 Å². The van der Waals surface area contributed by atoms with Crippen molar-refractivity contribution in [1.29, 1.82) is 0 Å². The normalized spacial score (nSPS) is 23.1. The second-order valence-electron chi connectivity index (χ2n) is 4.43. The minimum absolute atomic E-state index is 0.0593. The van der Waals surface area contributed by atoms with E-state index in [2.05, 4.69) is 0 Å². The molecule has 0 aliphatic carbocycles. The Bertz CT molecular complexity index is 398. The summed E-state index contributed by atoms with van der Waals surface area (Å²) in [5, 5.41) is 9.66. The lowest BCUT2D eigenvalue weighted by molar-refractivity contribution is 0.0968. The van der Waals surface area contributed by atoms with Gasteiger partial charge in [-0.25, -0.2) is 4.79 Å². The van der Waals surface area contributed by atoms with Crippen molar-refractivity contribution < 1.29 is 14.6 Å². The van der Waals surface area contributed by atoms with Crippen LogP contribution in [0.2, 0.25) is 0 Å². The molecule has 2 atom stereocenters. The van der Waals surface area contributed by atoms with Gasteiger partial charge in [0.15, 0.2) is 0 Å². The number of rotatable bonds is 3. The van der Waals surface area contributed by atoms with Crippen molar-refractivity contribution in [2.75, 3.05) is 19.0 Å².